The summed E-state index contributed by atoms with van der Waals surface area (Å²) in [6.07, 6.45) is 0. The molecule has 0 saturated carbocycles. The van der Waals surface area contributed by atoms with E-state index >= 15 is 0 Å². The van der Waals surface area contributed by atoms with E-state index in [9.17, 15) is 0 Å². The van der Waals surface area contributed by atoms with Gasteiger partial charge < -0.3 is 9.47 Å². The third-order valence-corrected chi connectivity index (χ3v) is 10.2. The second-order valence-corrected chi connectivity index (χ2v) is 13.4. The van der Waals surface area contributed by atoms with Crippen LogP contribution in [-0.4, -0.2) is 9.97 Å². The van der Waals surface area contributed by atoms with Crippen LogP contribution in [0.25, 0.3) is 66.6 Å². The Morgan fingerprint density at radius 3 is 2.00 bits per heavy atom. The summed E-state index contributed by atoms with van der Waals surface area (Å²) in [5.41, 5.74) is 10.8. The third-order valence-electron chi connectivity index (χ3n) is 10.2. The number of ether oxygens (including phenoxy) is 2. The van der Waals surface area contributed by atoms with Crippen LogP contribution in [0.3, 0.4) is 0 Å². The van der Waals surface area contributed by atoms with Gasteiger partial charge in [0.05, 0.1) is 11.2 Å². The van der Waals surface area contributed by atoms with E-state index in [4.69, 9.17) is 19.4 Å². The van der Waals surface area contributed by atoms with Gasteiger partial charge in [-0.1, -0.05) is 129 Å². The first-order valence-corrected chi connectivity index (χ1v) is 16.7. The minimum atomic E-state index is -0.115. The van der Waals surface area contributed by atoms with Crippen molar-refractivity contribution < 1.29 is 9.47 Å². The van der Waals surface area contributed by atoms with E-state index < -0.39 is 0 Å². The molecule has 0 bridgehead atoms. The van der Waals surface area contributed by atoms with Crippen LogP contribution >= 0.6 is 0 Å². The Bertz CT molecular complexity index is 2650. The molecule has 2 heterocycles. The molecule has 4 heteroatoms. The fraction of sp³-hybridized carbons (Fsp3) is 0.0667. The Morgan fingerprint density at radius 2 is 1.10 bits per heavy atom. The minimum absolute atomic E-state index is 0.115. The second-order valence-electron chi connectivity index (χ2n) is 13.4. The van der Waals surface area contributed by atoms with Crippen molar-refractivity contribution in [1.29, 1.82) is 0 Å². The molecule has 2 aliphatic rings. The molecule has 0 radical (unpaired) electrons. The molecule has 0 unspecified atom stereocenters. The number of aromatic nitrogens is 2. The Kier molecular flexibility index (Phi) is 5.89. The smallest absolute Gasteiger partial charge is 0.170 e. The van der Waals surface area contributed by atoms with Gasteiger partial charge in [0, 0.05) is 21.9 Å². The molecule has 0 spiro atoms. The molecule has 49 heavy (non-hydrogen) atoms. The molecule has 8 aromatic rings. The van der Waals surface area contributed by atoms with Crippen LogP contribution in [0, 0.1) is 0 Å². The highest BCUT2D eigenvalue weighted by atomic mass is 16.6. The van der Waals surface area contributed by atoms with Crippen molar-refractivity contribution in [2.24, 2.45) is 0 Å². The zero-order valence-corrected chi connectivity index (χ0v) is 27.1. The molecule has 1 aromatic heterocycles. The molecule has 0 saturated heterocycles. The molecule has 0 atom stereocenters. The van der Waals surface area contributed by atoms with Crippen LogP contribution in [0.5, 0.6) is 23.0 Å². The normalized spacial score (nSPS) is 13.6. The average molecular weight is 631 g/mol. The first-order valence-electron chi connectivity index (χ1n) is 16.7. The van der Waals surface area contributed by atoms with Gasteiger partial charge in [-0.15, -0.1) is 0 Å². The first kappa shape index (κ1) is 27.8. The van der Waals surface area contributed by atoms with Crippen LogP contribution in [0.1, 0.15) is 25.0 Å². The van der Waals surface area contributed by atoms with E-state index in [1.807, 2.05) is 18.2 Å². The lowest BCUT2D eigenvalue weighted by Gasteiger charge is -2.25. The van der Waals surface area contributed by atoms with E-state index in [0.717, 1.165) is 55.7 Å². The van der Waals surface area contributed by atoms with Crippen LogP contribution in [-0.2, 0) is 5.41 Å². The molecule has 1 aliphatic heterocycles. The highest BCUT2D eigenvalue weighted by Crippen LogP contribution is 2.55. The van der Waals surface area contributed by atoms with Gasteiger partial charge in [-0.2, -0.15) is 0 Å². The Hall–Kier alpha value is -6.26. The average Bonchev–Trinajstić information content (AvgIpc) is 3.37. The van der Waals surface area contributed by atoms with Crippen molar-refractivity contribution in [3.8, 4) is 67.9 Å². The lowest BCUT2D eigenvalue weighted by atomic mass is 9.82. The highest BCUT2D eigenvalue weighted by Gasteiger charge is 2.37. The highest BCUT2D eigenvalue weighted by molar-refractivity contribution is 6.04. The number of para-hydroxylation sites is 1. The van der Waals surface area contributed by atoms with Crippen LogP contribution in [0.4, 0.5) is 0 Å². The molecule has 7 aromatic carbocycles. The molecular weight excluding hydrogens is 601 g/mol. The van der Waals surface area contributed by atoms with Crippen molar-refractivity contribution in [2.45, 2.75) is 19.3 Å². The lowest BCUT2D eigenvalue weighted by Crippen LogP contribution is -2.15. The largest absolute Gasteiger partial charge is 0.450 e. The molecule has 0 N–H and O–H groups in total. The van der Waals surface area contributed by atoms with Crippen LogP contribution in [0.2, 0.25) is 0 Å². The summed E-state index contributed by atoms with van der Waals surface area (Å²) in [5.74, 6) is 3.52. The van der Waals surface area contributed by atoms with E-state index in [0.29, 0.717) is 17.3 Å². The second kappa shape index (κ2) is 10.4. The number of hydrogen-bond acceptors (Lipinski definition) is 4. The van der Waals surface area contributed by atoms with E-state index in [1.54, 1.807) is 0 Å². The summed E-state index contributed by atoms with van der Waals surface area (Å²) in [5, 5.41) is 3.37. The van der Waals surface area contributed by atoms with E-state index in [2.05, 4.69) is 141 Å². The van der Waals surface area contributed by atoms with Gasteiger partial charge in [0.15, 0.2) is 28.8 Å². The number of fused-ring (bicyclic) bond motifs is 7. The van der Waals surface area contributed by atoms with E-state index in [1.165, 1.54) is 27.6 Å². The van der Waals surface area contributed by atoms with Gasteiger partial charge in [0.2, 0.25) is 0 Å². The van der Waals surface area contributed by atoms with Crippen LogP contribution < -0.4 is 9.47 Å². The van der Waals surface area contributed by atoms with Crippen LogP contribution in [0.15, 0.2) is 146 Å². The fourth-order valence-corrected chi connectivity index (χ4v) is 7.71. The SMILES string of the molecule is CC1(C)c2ccccc2-c2cc3c(cc21)Oc1ccc(-c2ccccc2-c2nc(-c4cccc5ccccc45)c4ccccc4n2)cc1O3. The topological polar surface area (TPSA) is 44.2 Å². The summed E-state index contributed by atoms with van der Waals surface area (Å²) < 4.78 is 13.1. The number of benzene rings is 7. The van der Waals surface area contributed by atoms with Gasteiger partial charge in [-0.3, -0.25) is 0 Å². The molecule has 0 fully saturated rings. The minimum Gasteiger partial charge on any atom is -0.450 e. The van der Waals surface area contributed by atoms with Crippen molar-refractivity contribution >= 4 is 21.7 Å². The molecule has 232 valence electrons. The van der Waals surface area contributed by atoms with Crippen molar-refractivity contribution in [3.63, 3.8) is 0 Å². The van der Waals surface area contributed by atoms with Crippen molar-refractivity contribution in [3.05, 3.63) is 157 Å². The predicted octanol–water partition coefficient (Wildman–Crippen LogP) is 12.0. The molecule has 4 nitrogen and oxygen atoms in total. The Labute approximate surface area is 284 Å². The quantitative estimate of drug-likeness (QED) is 0.195. The maximum absolute atomic E-state index is 6.61. The van der Waals surface area contributed by atoms with Crippen molar-refractivity contribution in [1.82, 2.24) is 9.97 Å². The number of rotatable bonds is 3. The standard InChI is InChI=1S/C45H30N2O2/c1-45(2)36-20-9-7-16-31(36)35-25-41-42(26-37(35)45)48-39-23-22-28(24-40(39)49-41)30-15-5-6-17-33(30)44-46-38-21-10-8-18-34(38)43(47-44)32-19-11-13-27-12-3-4-14-29(27)32/h3-26H,1-2H3. The van der Waals surface area contributed by atoms with Crippen molar-refractivity contribution in [2.75, 3.05) is 0 Å². The summed E-state index contributed by atoms with van der Waals surface area (Å²) in [6.45, 7) is 4.55. The molecule has 10 rings (SSSR count). The molecule has 0 amide bonds. The van der Waals surface area contributed by atoms with Gasteiger partial charge in [0.25, 0.3) is 0 Å². The summed E-state index contributed by atoms with van der Waals surface area (Å²) in [4.78, 5) is 10.4. The summed E-state index contributed by atoms with van der Waals surface area (Å²) in [7, 11) is 0. The number of nitrogens with zero attached hydrogens (tertiary/aromatic N) is 2. The fourth-order valence-electron chi connectivity index (χ4n) is 7.71. The Morgan fingerprint density at radius 1 is 0.449 bits per heavy atom. The van der Waals surface area contributed by atoms with Gasteiger partial charge in [-0.25, -0.2) is 9.97 Å². The maximum atomic E-state index is 6.61. The summed E-state index contributed by atoms with van der Waals surface area (Å²) in [6, 6.07) is 50.5. The zero-order valence-electron chi connectivity index (χ0n) is 27.1. The summed E-state index contributed by atoms with van der Waals surface area (Å²) >= 11 is 0. The van der Waals surface area contributed by atoms with Gasteiger partial charge >= 0.3 is 0 Å². The molecule has 1 aliphatic carbocycles. The zero-order chi connectivity index (χ0) is 32.7. The van der Waals surface area contributed by atoms with Gasteiger partial charge in [-0.05, 0) is 74.5 Å². The lowest BCUT2D eigenvalue weighted by molar-refractivity contribution is 0.359. The predicted molar refractivity (Wildman–Crippen MR) is 198 cm³/mol. The van der Waals surface area contributed by atoms with Gasteiger partial charge in [0.1, 0.15) is 0 Å². The van der Waals surface area contributed by atoms with E-state index in [-0.39, 0.29) is 5.41 Å². The third kappa shape index (κ3) is 4.24. The number of hydrogen-bond donors (Lipinski definition) is 0. The maximum Gasteiger partial charge on any atom is 0.170 e. The molecular formula is C45H30N2O2. The first-order chi connectivity index (χ1) is 24.0. The Balaban J connectivity index is 1.08. The monoisotopic (exact) mass is 630 g/mol.